The molecule has 132 valence electrons. The van der Waals surface area contributed by atoms with Gasteiger partial charge < -0.3 is 20.3 Å². The molecule has 1 aromatic heterocycles. The van der Waals surface area contributed by atoms with Crippen LogP contribution in [0.3, 0.4) is 0 Å². The van der Waals surface area contributed by atoms with Crippen molar-refractivity contribution in [2.24, 2.45) is 0 Å². The molecule has 0 saturated carbocycles. The molecular weight excluding hydrogens is 325 g/mol. The van der Waals surface area contributed by atoms with Crippen molar-refractivity contribution < 1.29 is 22.7 Å². The predicted octanol–water partition coefficient (Wildman–Crippen LogP) is 1.77. The van der Waals surface area contributed by atoms with E-state index in [1.165, 1.54) is 0 Å². The minimum Gasteiger partial charge on any atom is -0.376 e. The van der Waals surface area contributed by atoms with Crippen LogP contribution < -0.4 is 15.5 Å². The van der Waals surface area contributed by atoms with E-state index in [4.69, 9.17) is 4.74 Å². The van der Waals surface area contributed by atoms with Gasteiger partial charge in [-0.05, 0) is 25.0 Å². The average molecular weight is 344 g/mol. The zero-order valence-electron chi connectivity index (χ0n) is 13.0. The number of anilines is 1. The summed E-state index contributed by atoms with van der Waals surface area (Å²) in [5.74, 6) is 0.266. The first kappa shape index (κ1) is 16.8. The molecule has 0 aliphatic carbocycles. The maximum atomic E-state index is 12.7. The number of carbonyl (C=O) groups excluding carboxylic acids is 1. The lowest BCUT2D eigenvalue weighted by Gasteiger charge is -2.40. The normalized spacial score (nSPS) is 21.5. The molecule has 2 saturated heterocycles. The van der Waals surface area contributed by atoms with Crippen LogP contribution in [0.4, 0.5) is 23.8 Å². The molecule has 3 rings (SSSR count). The Bertz CT molecular complexity index is 584. The Morgan fingerprint density at radius 2 is 2.21 bits per heavy atom. The van der Waals surface area contributed by atoms with Gasteiger partial charge >= 0.3 is 12.2 Å². The van der Waals surface area contributed by atoms with E-state index in [0.717, 1.165) is 37.8 Å². The van der Waals surface area contributed by atoms with Crippen molar-refractivity contribution in [3.8, 4) is 0 Å². The summed E-state index contributed by atoms with van der Waals surface area (Å²) < 4.78 is 43.5. The van der Waals surface area contributed by atoms with Crippen LogP contribution in [-0.4, -0.2) is 49.4 Å². The smallest absolute Gasteiger partial charge is 0.376 e. The number of aromatic nitrogens is 1. The number of alkyl halides is 3. The number of rotatable bonds is 4. The number of ether oxygens (including phenoxy) is 1. The summed E-state index contributed by atoms with van der Waals surface area (Å²) in [4.78, 5) is 17.4. The molecular formula is C15H19F3N4O2. The standard InChI is InChI=1S/C15H19F3N4O2/c16-15(17,18)10-3-4-19-13(6-10)22-8-11(9-22)21-14(23)20-7-12-2-1-5-24-12/h3-4,6,11-12H,1-2,5,7-9H2,(H2,20,21,23). The summed E-state index contributed by atoms with van der Waals surface area (Å²) in [7, 11) is 0. The van der Waals surface area contributed by atoms with E-state index in [0.29, 0.717) is 19.6 Å². The van der Waals surface area contributed by atoms with Gasteiger partial charge in [0.05, 0.1) is 17.7 Å². The van der Waals surface area contributed by atoms with Crippen molar-refractivity contribution in [2.75, 3.05) is 31.1 Å². The second kappa shape index (κ2) is 6.84. The molecule has 6 nitrogen and oxygen atoms in total. The minimum absolute atomic E-state index is 0.0722. The van der Waals surface area contributed by atoms with E-state index in [9.17, 15) is 18.0 Å². The summed E-state index contributed by atoms with van der Waals surface area (Å²) in [5.41, 5.74) is -0.724. The van der Waals surface area contributed by atoms with Crippen molar-refractivity contribution in [1.82, 2.24) is 15.6 Å². The molecule has 1 aromatic rings. The zero-order chi connectivity index (χ0) is 17.2. The maximum absolute atomic E-state index is 12.7. The predicted molar refractivity (Wildman–Crippen MR) is 80.7 cm³/mol. The molecule has 2 N–H and O–H groups in total. The highest BCUT2D eigenvalue weighted by Gasteiger charge is 2.34. The molecule has 0 aromatic carbocycles. The topological polar surface area (TPSA) is 66.5 Å². The number of pyridine rings is 1. The van der Waals surface area contributed by atoms with Gasteiger partial charge in [0.1, 0.15) is 5.82 Å². The third kappa shape index (κ3) is 4.08. The van der Waals surface area contributed by atoms with Crippen molar-refractivity contribution >= 4 is 11.8 Å². The van der Waals surface area contributed by atoms with Crippen LogP contribution in [0.2, 0.25) is 0 Å². The van der Waals surface area contributed by atoms with Crippen LogP contribution in [-0.2, 0) is 10.9 Å². The summed E-state index contributed by atoms with van der Waals surface area (Å²) in [6, 6.07) is 1.57. The van der Waals surface area contributed by atoms with E-state index < -0.39 is 11.7 Å². The number of hydrogen-bond acceptors (Lipinski definition) is 4. The van der Waals surface area contributed by atoms with Crippen molar-refractivity contribution in [2.45, 2.75) is 31.2 Å². The van der Waals surface area contributed by atoms with Gasteiger partial charge in [0.15, 0.2) is 0 Å². The highest BCUT2D eigenvalue weighted by Crippen LogP contribution is 2.31. The molecule has 1 unspecified atom stereocenters. The lowest BCUT2D eigenvalue weighted by atomic mass is 10.1. The molecule has 3 heterocycles. The third-order valence-electron chi connectivity index (χ3n) is 4.13. The van der Waals surface area contributed by atoms with Gasteiger partial charge in [-0.1, -0.05) is 0 Å². The first-order valence-electron chi connectivity index (χ1n) is 7.86. The third-order valence-corrected chi connectivity index (χ3v) is 4.13. The van der Waals surface area contributed by atoms with Crippen LogP contribution in [0.15, 0.2) is 18.3 Å². The SMILES string of the molecule is O=C(NCC1CCCO1)NC1CN(c2cc(C(F)(F)F)ccn2)C1. The first-order valence-corrected chi connectivity index (χ1v) is 7.86. The largest absolute Gasteiger partial charge is 0.416 e. The van der Waals surface area contributed by atoms with Crippen molar-refractivity contribution in [3.63, 3.8) is 0 Å². The van der Waals surface area contributed by atoms with Gasteiger partial charge in [0, 0.05) is 32.4 Å². The molecule has 2 aliphatic rings. The lowest BCUT2D eigenvalue weighted by molar-refractivity contribution is -0.137. The Balaban J connectivity index is 1.43. The fourth-order valence-corrected chi connectivity index (χ4v) is 2.77. The Labute approximate surface area is 137 Å². The van der Waals surface area contributed by atoms with Gasteiger partial charge in [-0.25, -0.2) is 9.78 Å². The van der Waals surface area contributed by atoms with Gasteiger partial charge in [0.2, 0.25) is 0 Å². The molecule has 9 heteroatoms. The molecule has 2 aliphatic heterocycles. The fourth-order valence-electron chi connectivity index (χ4n) is 2.77. The number of halogens is 3. The highest BCUT2D eigenvalue weighted by molar-refractivity contribution is 5.74. The highest BCUT2D eigenvalue weighted by atomic mass is 19.4. The van der Waals surface area contributed by atoms with Crippen LogP contribution in [0.5, 0.6) is 0 Å². The van der Waals surface area contributed by atoms with Crippen molar-refractivity contribution in [1.29, 1.82) is 0 Å². The van der Waals surface area contributed by atoms with E-state index >= 15 is 0 Å². The Morgan fingerprint density at radius 1 is 1.42 bits per heavy atom. The second-order valence-corrected chi connectivity index (χ2v) is 5.99. The maximum Gasteiger partial charge on any atom is 0.416 e. The second-order valence-electron chi connectivity index (χ2n) is 5.99. The number of amides is 2. The molecule has 1 atom stereocenters. The molecule has 0 radical (unpaired) electrons. The van der Waals surface area contributed by atoms with Crippen LogP contribution in [0.25, 0.3) is 0 Å². The number of nitrogens with one attached hydrogen (secondary N) is 2. The molecule has 2 fully saturated rings. The molecule has 0 bridgehead atoms. The summed E-state index contributed by atoms with van der Waals surface area (Å²) >= 11 is 0. The van der Waals surface area contributed by atoms with Gasteiger partial charge in [-0.15, -0.1) is 0 Å². The average Bonchev–Trinajstić information content (AvgIpc) is 3.01. The number of nitrogens with zero attached hydrogens (tertiary/aromatic N) is 2. The van der Waals surface area contributed by atoms with Crippen LogP contribution >= 0.6 is 0 Å². The monoisotopic (exact) mass is 344 g/mol. The quantitative estimate of drug-likeness (QED) is 0.874. The zero-order valence-corrected chi connectivity index (χ0v) is 13.0. The van der Waals surface area contributed by atoms with Crippen LogP contribution in [0, 0.1) is 0 Å². The molecule has 0 spiro atoms. The van der Waals surface area contributed by atoms with Crippen LogP contribution in [0.1, 0.15) is 18.4 Å². The Kier molecular flexibility index (Phi) is 4.79. The number of carbonyl (C=O) groups is 1. The van der Waals surface area contributed by atoms with E-state index in [1.54, 1.807) is 4.90 Å². The van der Waals surface area contributed by atoms with Gasteiger partial charge in [0.25, 0.3) is 0 Å². The Morgan fingerprint density at radius 3 is 2.88 bits per heavy atom. The van der Waals surface area contributed by atoms with Gasteiger partial charge in [-0.2, -0.15) is 13.2 Å². The fraction of sp³-hybridized carbons (Fsp3) is 0.600. The first-order chi connectivity index (χ1) is 11.4. The minimum atomic E-state index is -4.39. The number of hydrogen-bond donors (Lipinski definition) is 2. The Hall–Kier alpha value is -2.03. The number of urea groups is 1. The summed E-state index contributed by atoms with van der Waals surface area (Å²) in [6.07, 6.45) is -1.22. The summed E-state index contributed by atoms with van der Waals surface area (Å²) in [5, 5.41) is 5.54. The van der Waals surface area contributed by atoms with E-state index in [-0.39, 0.29) is 24.0 Å². The van der Waals surface area contributed by atoms with E-state index in [1.807, 2.05) is 0 Å². The molecule has 2 amide bonds. The van der Waals surface area contributed by atoms with Crippen molar-refractivity contribution in [3.05, 3.63) is 23.9 Å². The van der Waals surface area contributed by atoms with E-state index in [2.05, 4.69) is 15.6 Å². The lowest BCUT2D eigenvalue weighted by Crippen LogP contribution is -2.61. The molecule has 24 heavy (non-hydrogen) atoms. The summed E-state index contributed by atoms with van der Waals surface area (Å²) in [6.45, 7) is 2.07. The van der Waals surface area contributed by atoms with Gasteiger partial charge in [-0.3, -0.25) is 0 Å².